The maximum atomic E-state index is 12.9. The number of hydrogen-bond donors (Lipinski definition) is 3. The first-order valence-electron chi connectivity index (χ1n) is 10.0. The number of para-hydroxylation sites is 2. The van der Waals surface area contributed by atoms with E-state index < -0.39 is 11.9 Å². The largest absolute Gasteiger partial charge is 0.399 e. The summed E-state index contributed by atoms with van der Waals surface area (Å²) in [5.74, 6) is -0.689. The number of carbonyl (C=O) groups is 3. The van der Waals surface area contributed by atoms with E-state index in [-0.39, 0.29) is 19.0 Å². The van der Waals surface area contributed by atoms with Gasteiger partial charge in [0.1, 0.15) is 6.54 Å². The highest BCUT2D eigenvalue weighted by Crippen LogP contribution is 2.16. The topological polar surface area (TPSA) is 108 Å². The Bertz CT molecular complexity index is 1070. The lowest BCUT2D eigenvalue weighted by Crippen LogP contribution is -2.46. The molecule has 4 N–H and O–H groups in total. The van der Waals surface area contributed by atoms with Crippen LogP contribution in [0, 0.1) is 0 Å². The van der Waals surface area contributed by atoms with Crippen molar-refractivity contribution < 1.29 is 14.4 Å². The second kappa shape index (κ2) is 10.6. The van der Waals surface area contributed by atoms with E-state index in [2.05, 4.69) is 10.6 Å². The lowest BCUT2D eigenvalue weighted by Gasteiger charge is -2.25. The van der Waals surface area contributed by atoms with Crippen LogP contribution in [0.2, 0.25) is 0 Å². The minimum absolute atomic E-state index is 0.174. The van der Waals surface area contributed by atoms with Gasteiger partial charge in [-0.05, 0) is 42.5 Å². The average Bonchev–Trinajstić information content (AvgIpc) is 2.81. The lowest BCUT2D eigenvalue weighted by atomic mass is 10.2. The highest BCUT2D eigenvalue weighted by Gasteiger charge is 2.22. The van der Waals surface area contributed by atoms with Crippen molar-refractivity contribution in [2.45, 2.75) is 0 Å². The van der Waals surface area contributed by atoms with Gasteiger partial charge in [0.25, 0.3) is 0 Å². The normalized spacial score (nSPS) is 10.2. The van der Waals surface area contributed by atoms with Gasteiger partial charge >= 0.3 is 6.03 Å². The Balaban J connectivity index is 1.66. The van der Waals surface area contributed by atoms with E-state index in [4.69, 9.17) is 5.73 Å². The summed E-state index contributed by atoms with van der Waals surface area (Å²) >= 11 is 0. The van der Waals surface area contributed by atoms with E-state index in [1.165, 1.54) is 9.80 Å². The molecular formula is C24H25N5O3. The Morgan fingerprint density at radius 1 is 0.812 bits per heavy atom. The molecule has 0 spiro atoms. The Hall–Kier alpha value is -4.33. The van der Waals surface area contributed by atoms with Gasteiger partial charge in [0.05, 0.1) is 6.54 Å². The standard InChI is InChI=1S/C24H25N5O3/c1-28(20-11-4-2-5-12-20)23(31)17-29(21-13-6-3-7-14-21)22(30)16-26-24(32)27-19-10-8-9-18(25)15-19/h2-15H,16-17,25H2,1H3,(H2,26,27,32). The Morgan fingerprint density at radius 3 is 2.06 bits per heavy atom. The molecule has 3 aromatic rings. The number of nitrogen functional groups attached to an aromatic ring is 1. The van der Waals surface area contributed by atoms with Crippen LogP contribution in [-0.4, -0.2) is 38.0 Å². The molecule has 0 aliphatic heterocycles. The van der Waals surface area contributed by atoms with Crippen molar-refractivity contribution in [3.63, 3.8) is 0 Å². The van der Waals surface area contributed by atoms with Gasteiger partial charge in [-0.25, -0.2) is 4.79 Å². The number of urea groups is 1. The van der Waals surface area contributed by atoms with Gasteiger partial charge in [-0.3, -0.25) is 9.59 Å². The van der Waals surface area contributed by atoms with Crippen LogP contribution in [0.1, 0.15) is 0 Å². The molecule has 32 heavy (non-hydrogen) atoms. The molecular weight excluding hydrogens is 406 g/mol. The van der Waals surface area contributed by atoms with Gasteiger partial charge in [-0.15, -0.1) is 0 Å². The zero-order chi connectivity index (χ0) is 22.9. The minimum Gasteiger partial charge on any atom is -0.399 e. The van der Waals surface area contributed by atoms with Crippen molar-refractivity contribution in [3.8, 4) is 0 Å². The molecule has 0 saturated carbocycles. The summed E-state index contributed by atoms with van der Waals surface area (Å²) in [5, 5.41) is 5.15. The molecule has 0 heterocycles. The first kappa shape index (κ1) is 22.4. The van der Waals surface area contributed by atoms with E-state index in [9.17, 15) is 14.4 Å². The first-order chi connectivity index (χ1) is 15.4. The van der Waals surface area contributed by atoms with Crippen molar-refractivity contribution in [1.29, 1.82) is 0 Å². The minimum atomic E-state index is -0.551. The van der Waals surface area contributed by atoms with Crippen molar-refractivity contribution in [1.82, 2.24) is 5.32 Å². The van der Waals surface area contributed by atoms with Crippen molar-refractivity contribution >= 4 is 40.6 Å². The molecule has 0 aliphatic carbocycles. The van der Waals surface area contributed by atoms with Crippen LogP contribution in [0.15, 0.2) is 84.9 Å². The molecule has 0 radical (unpaired) electrons. The molecule has 3 rings (SSSR count). The summed E-state index contributed by atoms with van der Waals surface area (Å²) in [7, 11) is 1.66. The summed E-state index contributed by atoms with van der Waals surface area (Å²) < 4.78 is 0. The molecule has 8 heteroatoms. The number of benzene rings is 3. The van der Waals surface area contributed by atoms with Crippen LogP contribution in [0.4, 0.5) is 27.5 Å². The van der Waals surface area contributed by atoms with Gasteiger partial charge in [-0.1, -0.05) is 42.5 Å². The SMILES string of the molecule is CN(C(=O)CN(C(=O)CNC(=O)Nc1cccc(N)c1)c1ccccc1)c1ccccc1. The molecule has 0 atom stereocenters. The van der Waals surface area contributed by atoms with E-state index >= 15 is 0 Å². The fourth-order valence-electron chi connectivity index (χ4n) is 3.01. The highest BCUT2D eigenvalue weighted by atomic mass is 16.2. The van der Waals surface area contributed by atoms with Crippen LogP contribution >= 0.6 is 0 Å². The van der Waals surface area contributed by atoms with Crippen LogP contribution in [0.25, 0.3) is 0 Å². The zero-order valence-electron chi connectivity index (χ0n) is 17.7. The predicted molar refractivity (Wildman–Crippen MR) is 127 cm³/mol. The van der Waals surface area contributed by atoms with Crippen molar-refractivity contribution in [2.75, 3.05) is 41.0 Å². The van der Waals surface area contributed by atoms with Crippen LogP contribution < -0.4 is 26.2 Å². The number of nitrogens with two attached hydrogens (primary N) is 1. The Morgan fingerprint density at radius 2 is 1.44 bits per heavy atom. The number of anilines is 4. The number of likely N-dealkylation sites (N-methyl/N-ethyl adjacent to an activating group) is 1. The van der Waals surface area contributed by atoms with E-state index in [1.807, 2.05) is 36.4 Å². The summed E-state index contributed by atoms with van der Waals surface area (Å²) in [6, 6.07) is 24.2. The monoisotopic (exact) mass is 431 g/mol. The molecule has 0 bridgehead atoms. The molecule has 3 aromatic carbocycles. The molecule has 4 amide bonds. The van der Waals surface area contributed by atoms with Crippen LogP contribution in [-0.2, 0) is 9.59 Å². The molecule has 0 fully saturated rings. The number of nitrogens with zero attached hydrogens (tertiary/aromatic N) is 2. The zero-order valence-corrected chi connectivity index (χ0v) is 17.7. The maximum Gasteiger partial charge on any atom is 0.319 e. The first-order valence-corrected chi connectivity index (χ1v) is 10.0. The van der Waals surface area contributed by atoms with Crippen molar-refractivity contribution in [2.24, 2.45) is 0 Å². The quantitative estimate of drug-likeness (QED) is 0.500. The lowest BCUT2D eigenvalue weighted by molar-refractivity contribution is -0.121. The maximum absolute atomic E-state index is 12.9. The summed E-state index contributed by atoms with van der Waals surface area (Å²) in [6.45, 7) is -0.460. The smallest absolute Gasteiger partial charge is 0.319 e. The number of nitrogens with one attached hydrogen (secondary N) is 2. The summed E-state index contributed by atoms with van der Waals surface area (Å²) in [4.78, 5) is 40.8. The number of amides is 4. The van der Waals surface area contributed by atoms with Gasteiger partial charge in [0, 0.05) is 29.8 Å². The third-order valence-corrected chi connectivity index (χ3v) is 4.72. The number of carbonyl (C=O) groups excluding carboxylic acids is 3. The summed E-state index contributed by atoms with van der Waals surface area (Å²) in [6.07, 6.45) is 0. The second-order valence-electron chi connectivity index (χ2n) is 7.04. The third kappa shape index (κ3) is 6.09. The predicted octanol–water partition coefficient (Wildman–Crippen LogP) is 3.09. The van der Waals surface area contributed by atoms with E-state index in [0.717, 1.165) is 5.69 Å². The van der Waals surface area contributed by atoms with E-state index in [0.29, 0.717) is 17.1 Å². The number of hydrogen-bond acceptors (Lipinski definition) is 4. The van der Waals surface area contributed by atoms with E-state index in [1.54, 1.807) is 55.6 Å². The van der Waals surface area contributed by atoms with Gasteiger partial charge in [-0.2, -0.15) is 0 Å². The molecule has 164 valence electrons. The third-order valence-electron chi connectivity index (χ3n) is 4.72. The van der Waals surface area contributed by atoms with Gasteiger partial charge in [0.15, 0.2) is 0 Å². The molecule has 8 nitrogen and oxygen atoms in total. The fourth-order valence-corrected chi connectivity index (χ4v) is 3.01. The molecule has 0 aromatic heterocycles. The molecule has 0 saturated heterocycles. The second-order valence-corrected chi connectivity index (χ2v) is 7.04. The highest BCUT2D eigenvalue weighted by molar-refractivity contribution is 6.05. The Kier molecular flexibility index (Phi) is 7.42. The molecule has 0 unspecified atom stereocenters. The van der Waals surface area contributed by atoms with Gasteiger partial charge < -0.3 is 26.2 Å². The average molecular weight is 431 g/mol. The van der Waals surface area contributed by atoms with Crippen LogP contribution in [0.5, 0.6) is 0 Å². The van der Waals surface area contributed by atoms with Gasteiger partial charge in [0.2, 0.25) is 11.8 Å². The Labute approximate surface area is 186 Å². The molecule has 0 aliphatic rings. The van der Waals surface area contributed by atoms with Crippen LogP contribution in [0.3, 0.4) is 0 Å². The number of rotatable bonds is 7. The fraction of sp³-hybridized carbons (Fsp3) is 0.125. The summed E-state index contributed by atoms with van der Waals surface area (Å²) in [5.41, 5.74) is 8.00. The van der Waals surface area contributed by atoms with Crippen molar-refractivity contribution in [3.05, 3.63) is 84.9 Å².